The molecule has 0 bridgehead atoms. The lowest BCUT2D eigenvalue weighted by atomic mass is 9.97. The Morgan fingerprint density at radius 1 is 0.967 bits per heavy atom. The van der Waals surface area contributed by atoms with Gasteiger partial charge in [0.25, 0.3) is 11.7 Å². The van der Waals surface area contributed by atoms with E-state index in [1.807, 2.05) is 56.3 Å². The predicted octanol–water partition coefficient (Wildman–Crippen LogP) is 4.47. The molecule has 0 radical (unpaired) electrons. The molecule has 1 spiro atoms. The molecule has 0 saturated carbocycles. The third kappa shape index (κ3) is 2.97. The van der Waals surface area contributed by atoms with Crippen molar-refractivity contribution in [1.29, 1.82) is 0 Å². The molecule has 0 aliphatic carbocycles. The van der Waals surface area contributed by atoms with Gasteiger partial charge in [-0.3, -0.25) is 4.79 Å². The summed E-state index contributed by atoms with van der Waals surface area (Å²) in [5.41, 5.74) is 3.77. The topological polar surface area (TPSA) is 48.0 Å². The number of benzene rings is 3. The zero-order chi connectivity index (χ0) is 20.7. The normalized spacial score (nSPS) is 17.5. The zero-order valence-corrected chi connectivity index (χ0v) is 17.3. The number of hydrogen-bond donors (Lipinski definition) is 0. The van der Waals surface area contributed by atoms with E-state index in [0.29, 0.717) is 26.4 Å². The van der Waals surface area contributed by atoms with Crippen molar-refractivity contribution in [2.24, 2.45) is 0 Å². The van der Waals surface area contributed by atoms with Gasteiger partial charge in [0.05, 0.1) is 25.4 Å². The fourth-order valence-corrected chi connectivity index (χ4v) is 4.47. The van der Waals surface area contributed by atoms with E-state index in [2.05, 4.69) is 12.1 Å². The number of aryl methyl sites for hydroxylation is 2. The van der Waals surface area contributed by atoms with Crippen LogP contribution in [-0.4, -0.2) is 32.3 Å². The van der Waals surface area contributed by atoms with Crippen molar-refractivity contribution in [2.75, 3.05) is 31.3 Å². The largest absolute Gasteiger partial charge is 0.492 e. The van der Waals surface area contributed by atoms with E-state index in [1.165, 1.54) is 5.39 Å². The maximum Gasteiger partial charge on any atom is 0.292 e. The van der Waals surface area contributed by atoms with Crippen LogP contribution in [0, 0.1) is 13.8 Å². The highest BCUT2D eigenvalue weighted by Gasteiger charge is 2.56. The number of nitrogens with zero attached hydrogens (tertiary/aromatic N) is 1. The number of rotatable bonds is 4. The Kier molecular flexibility index (Phi) is 4.72. The molecule has 154 valence electrons. The average Bonchev–Trinajstić information content (AvgIpc) is 3.00. The van der Waals surface area contributed by atoms with Gasteiger partial charge in [-0.15, -0.1) is 0 Å². The summed E-state index contributed by atoms with van der Waals surface area (Å²) in [5, 5.41) is 2.31. The second kappa shape index (κ2) is 7.42. The van der Waals surface area contributed by atoms with E-state index in [0.717, 1.165) is 39.9 Å². The summed E-state index contributed by atoms with van der Waals surface area (Å²) < 4.78 is 18.0. The van der Waals surface area contributed by atoms with Gasteiger partial charge in [-0.2, -0.15) is 0 Å². The van der Waals surface area contributed by atoms with E-state index in [-0.39, 0.29) is 5.91 Å². The number of carbonyl (C=O) groups excluding carboxylic acids is 1. The van der Waals surface area contributed by atoms with Crippen molar-refractivity contribution >= 4 is 22.4 Å². The van der Waals surface area contributed by atoms with Gasteiger partial charge in [-0.1, -0.05) is 42.5 Å². The molecule has 0 aromatic heterocycles. The highest BCUT2D eigenvalue weighted by atomic mass is 16.7. The van der Waals surface area contributed by atoms with Crippen LogP contribution < -0.4 is 9.64 Å². The van der Waals surface area contributed by atoms with Crippen molar-refractivity contribution in [3.05, 3.63) is 71.3 Å². The lowest BCUT2D eigenvalue weighted by Gasteiger charge is -2.33. The summed E-state index contributed by atoms with van der Waals surface area (Å²) in [6, 6.07) is 18.3. The van der Waals surface area contributed by atoms with Crippen LogP contribution in [0.5, 0.6) is 5.75 Å². The monoisotopic (exact) mass is 403 g/mol. The Balaban J connectivity index is 1.40. The van der Waals surface area contributed by atoms with Gasteiger partial charge in [0.1, 0.15) is 12.4 Å². The maximum atomic E-state index is 13.5. The van der Waals surface area contributed by atoms with Gasteiger partial charge in [0, 0.05) is 5.56 Å². The second-order valence-corrected chi connectivity index (χ2v) is 7.90. The predicted molar refractivity (Wildman–Crippen MR) is 116 cm³/mol. The third-order valence-corrected chi connectivity index (χ3v) is 5.92. The molecule has 0 N–H and O–H groups in total. The van der Waals surface area contributed by atoms with Gasteiger partial charge in [-0.25, -0.2) is 0 Å². The number of carbonyl (C=O) groups is 1. The molecular formula is C25H25NO4. The zero-order valence-electron chi connectivity index (χ0n) is 17.3. The molecule has 1 fully saturated rings. The quantitative estimate of drug-likeness (QED) is 0.645. The summed E-state index contributed by atoms with van der Waals surface area (Å²) in [4.78, 5) is 15.2. The van der Waals surface area contributed by atoms with E-state index in [4.69, 9.17) is 14.2 Å². The van der Waals surface area contributed by atoms with Gasteiger partial charge in [0.2, 0.25) is 0 Å². The minimum Gasteiger partial charge on any atom is -0.492 e. The molecule has 3 aromatic rings. The molecule has 2 aliphatic heterocycles. The molecule has 5 rings (SSSR count). The average molecular weight is 403 g/mol. The summed E-state index contributed by atoms with van der Waals surface area (Å²) in [6.07, 6.45) is 0.792. The fourth-order valence-electron chi connectivity index (χ4n) is 4.47. The highest BCUT2D eigenvalue weighted by molar-refractivity contribution is 6.07. The van der Waals surface area contributed by atoms with Crippen LogP contribution in [-0.2, 0) is 20.1 Å². The molecule has 3 aromatic carbocycles. The summed E-state index contributed by atoms with van der Waals surface area (Å²) in [7, 11) is 0. The summed E-state index contributed by atoms with van der Waals surface area (Å²) in [5.74, 6) is -0.676. The Labute approximate surface area is 176 Å². The molecular weight excluding hydrogens is 378 g/mol. The van der Waals surface area contributed by atoms with Crippen molar-refractivity contribution < 1.29 is 19.0 Å². The molecule has 1 saturated heterocycles. The van der Waals surface area contributed by atoms with Crippen LogP contribution >= 0.6 is 0 Å². The number of fused-ring (bicyclic) bond motifs is 3. The summed E-state index contributed by atoms with van der Waals surface area (Å²) in [6.45, 7) is 5.86. The first-order chi connectivity index (χ1) is 14.6. The molecule has 5 heteroatoms. The van der Waals surface area contributed by atoms with E-state index in [9.17, 15) is 4.79 Å². The molecule has 0 unspecified atom stereocenters. The van der Waals surface area contributed by atoms with Crippen LogP contribution in [0.15, 0.2) is 54.6 Å². The van der Waals surface area contributed by atoms with E-state index < -0.39 is 5.79 Å². The number of amides is 1. The van der Waals surface area contributed by atoms with E-state index in [1.54, 1.807) is 4.90 Å². The second-order valence-electron chi connectivity index (χ2n) is 7.90. The Hall–Kier alpha value is -2.89. The van der Waals surface area contributed by atoms with Crippen LogP contribution in [0.3, 0.4) is 0 Å². The first-order valence-corrected chi connectivity index (χ1v) is 10.4. The standard InChI is InChI=1S/C25H25NO4/c1-17-8-9-18(2)23-22(17)25(29-13-5-14-30-25)24(27)26(23)12-15-28-21-11-10-19-6-3-4-7-20(19)16-21/h3-4,6-11,16H,5,12-15H2,1-2H3. The van der Waals surface area contributed by atoms with Crippen LogP contribution in [0.25, 0.3) is 10.8 Å². The maximum absolute atomic E-state index is 13.5. The van der Waals surface area contributed by atoms with Gasteiger partial charge >= 0.3 is 0 Å². The van der Waals surface area contributed by atoms with Crippen LogP contribution in [0.1, 0.15) is 23.1 Å². The highest BCUT2D eigenvalue weighted by Crippen LogP contribution is 2.48. The first kappa shape index (κ1) is 19.1. The van der Waals surface area contributed by atoms with Gasteiger partial charge in [-0.05, 0) is 54.3 Å². The van der Waals surface area contributed by atoms with Crippen LogP contribution in [0.4, 0.5) is 5.69 Å². The van der Waals surface area contributed by atoms with E-state index >= 15 is 0 Å². The number of ether oxygens (including phenoxy) is 3. The third-order valence-electron chi connectivity index (χ3n) is 5.92. The molecule has 30 heavy (non-hydrogen) atoms. The van der Waals surface area contributed by atoms with Gasteiger partial charge < -0.3 is 19.1 Å². The smallest absolute Gasteiger partial charge is 0.292 e. The fraction of sp³-hybridized carbons (Fsp3) is 0.320. The Morgan fingerprint density at radius 3 is 2.50 bits per heavy atom. The minimum absolute atomic E-state index is 0.156. The molecule has 0 atom stereocenters. The van der Waals surface area contributed by atoms with Crippen molar-refractivity contribution in [3.8, 4) is 5.75 Å². The minimum atomic E-state index is -1.31. The molecule has 2 heterocycles. The molecule has 5 nitrogen and oxygen atoms in total. The summed E-state index contributed by atoms with van der Waals surface area (Å²) >= 11 is 0. The van der Waals surface area contributed by atoms with Crippen molar-refractivity contribution in [2.45, 2.75) is 26.1 Å². The lowest BCUT2D eigenvalue weighted by Crippen LogP contribution is -2.48. The van der Waals surface area contributed by atoms with Crippen molar-refractivity contribution in [3.63, 3.8) is 0 Å². The molecule has 2 aliphatic rings. The van der Waals surface area contributed by atoms with Crippen LogP contribution in [0.2, 0.25) is 0 Å². The molecule has 1 amide bonds. The van der Waals surface area contributed by atoms with Gasteiger partial charge in [0.15, 0.2) is 0 Å². The number of anilines is 1. The van der Waals surface area contributed by atoms with Crippen molar-refractivity contribution in [1.82, 2.24) is 0 Å². The SMILES string of the molecule is Cc1ccc(C)c2c1N(CCOc1ccc3ccccc3c1)C(=O)C21OCCCO1. The lowest BCUT2D eigenvalue weighted by molar-refractivity contribution is -0.257. The first-order valence-electron chi connectivity index (χ1n) is 10.4. The number of hydrogen-bond acceptors (Lipinski definition) is 4. The Bertz CT molecular complexity index is 1120. The Morgan fingerprint density at radius 2 is 1.70 bits per heavy atom.